The van der Waals surface area contributed by atoms with E-state index in [0.717, 1.165) is 44.6 Å². The van der Waals surface area contributed by atoms with Crippen LogP contribution in [0.25, 0.3) is 0 Å². The number of aryl methyl sites for hydroxylation is 1. The van der Waals surface area contributed by atoms with Crippen molar-refractivity contribution >= 4 is 5.91 Å². The Morgan fingerprint density at radius 3 is 3.11 bits per heavy atom. The predicted molar refractivity (Wildman–Crippen MR) is 70.4 cm³/mol. The first-order valence-corrected chi connectivity index (χ1v) is 6.81. The molecule has 0 saturated carbocycles. The fourth-order valence-electron chi connectivity index (χ4n) is 2.71. The number of carbonyl (C=O) groups excluding carboxylic acids is 1. The highest BCUT2D eigenvalue weighted by Gasteiger charge is 2.25. The van der Waals surface area contributed by atoms with E-state index in [1.807, 2.05) is 34.7 Å². The molecule has 1 aliphatic rings. The van der Waals surface area contributed by atoms with Crippen LogP contribution in [0.2, 0.25) is 0 Å². The van der Waals surface area contributed by atoms with E-state index >= 15 is 0 Å². The SMILES string of the molecule is CCn1cccc1C(=O)N1CCCC(CCO)C1. The number of nitrogens with zero attached hydrogens (tertiary/aromatic N) is 2. The van der Waals surface area contributed by atoms with Gasteiger partial charge in [0, 0.05) is 32.4 Å². The first-order valence-electron chi connectivity index (χ1n) is 6.81. The Labute approximate surface area is 108 Å². The van der Waals surface area contributed by atoms with Gasteiger partial charge in [-0.05, 0) is 44.2 Å². The quantitative estimate of drug-likeness (QED) is 0.884. The Bertz CT molecular complexity index is 398. The molecule has 1 saturated heterocycles. The third-order valence-corrected chi connectivity index (χ3v) is 3.73. The van der Waals surface area contributed by atoms with E-state index in [4.69, 9.17) is 5.11 Å². The molecular weight excluding hydrogens is 228 g/mol. The van der Waals surface area contributed by atoms with Crippen molar-refractivity contribution in [1.82, 2.24) is 9.47 Å². The molecule has 1 unspecified atom stereocenters. The summed E-state index contributed by atoms with van der Waals surface area (Å²) in [7, 11) is 0. The van der Waals surface area contributed by atoms with Gasteiger partial charge in [0.2, 0.25) is 0 Å². The lowest BCUT2D eigenvalue weighted by Gasteiger charge is -2.32. The summed E-state index contributed by atoms with van der Waals surface area (Å²) in [5.74, 6) is 0.585. The van der Waals surface area contributed by atoms with Crippen LogP contribution in [-0.4, -0.2) is 40.2 Å². The molecule has 1 fully saturated rings. The van der Waals surface area contributed by atoms with Crippen molar-refractivity contribution in [1.29, 1.82) is 0 Å². The van der Waals surface area contributed by atoms with Gasteiger partial charge in [-0.2, -0.15) is 0 Å². The third kappa shape index (κ3) is 2.75. The summed E-state index contributed by atoms with van der Waals surface area (Å²) < 4.78 is 1.98. The van der Waals surface area contributed by atoms with Crippen LogP contribution in [-0.2, 0) is 6.54 Å². The maximum absolute atomic E-state index is 12.4. The Morgan fingerprint density at radius 1 is 1.56 bits per heavy atom. The van der Waals surface area contributed by atoms with Gasteiger partial charge in [-0.3, -0.25) is 4.79 Å². The number of aromatic nitrogens is 1. The largest absolute Gasteiger partial charge is 0.396 e. The van der Waals surface area contributed by atoms with Gasteiger partial charge in [0.1, 0.15) is 5.69 Å². The zero-order valence-corrected chi connectivity index (χ0v) is 11.0. The highest BCUT2D eigenvalue weighted by Crippen LogP contribution is 2.21. The fraction of sp³-hybridized carbons (Fsp3) is 0.643. The van der Waals surface area contributed by atoms with E-state index in [2.05, 4.69) is 0 Å². The lowest BCUT2D eigenvalue weighted by Crippen LogP contribution is -2.40. The van der Waals surface area contributed by atoms with Gasteiger partial charge in [-0.25, -0.2) is 0 Å². The number of likely N-dealkylation sites (tertiary alicyclic amines) is 1. The van der Waals surface area contributed by atoms with Crippen molar-refractivity contribution in [2.24, 2.45) is 5.92 Å². The van der Waals surface area contributed by atoms with Crippen molar-refractivity contribution in [3.63, 3.8) is 0 Å². The number of hydrogen-bond donors (Lipinski definition) is 1. The van der Waals surface area contributed by atoms with Gasteiger partial charge in [0.15, 0.2) is 0 Å². The number of hydrogen-bond acceptors (Lipinski definition) is 2. The summed E-state index contributed by atoms with van der Waals surface area (Å²) in [5.41, 5.74) is 0.780. The van der Waals surface area contributed by atoms with Crippen LogP contribution < -0.4 is 0 Å². The highest BCUT2D eigenvalue weighted by atomic mass is 16.3. The summed E-state index contributed by atoms with van der Waals surface area (Å²) in [6, 6.07) is 3.81. The second kappa shape index (κ2) is 6.05. The smallest absolute Gasteiger partial charge is 0.270 e. The van der Waals surface area contributed by atoms with Crippen molar-refractivity contribution in [2.75, 3.05) is 19.7 Å². The summed E-state index contributed by atoms with van der Waals surface area (Å²) in [6.07, 6.45) is 4.92. The Hall–Kier alpha value is -1.29. The van der Waals surface area contributed by atoms with Gasteiger partial charge in [0.25, 0.3) is 5.91 Å². The molecule has 1 aliphatic heterocycles. The number of rotatable bonds is 4. The molecule has 0 bridgehead atoms. The average molecular weight is 250 g/mol. The molecule has 18 heavy (non-hydrogen) atoms. The molecule has 1 amide bonds. The molecule has 1 N–H and O–H groups in total. The molecule has 0 radical (unpaired) electrons. The Morgan fingerprint density at radius 2 is 2.39 bits per heavy atom. The summed E-state index contributed by atoms with van der Waals surface area (Å²) >= 11 is 0. The Kier molecular flexibility index (Phi) is 4.42. The standard InChI is InChI=1S/C14H22N2O2/c1-2-15-8-4-6-13(15)14(18)16-9-3-5-12(11-16)7-10-17/h4,6,8,12,17H,2-3,5,7,9-11H2,1H3. The minimum Gasteiger partial charge on any atom is -0.396 e. The molecule has 2 rings (SSSR count). The van der Waals surface area contributed by atoms with E-state index in [-0.39, 0.29) is 12.5 Å². The number of amides is 1. The highest BCUT2D eigenvalue weighted by molar-refractivity contribution is 5.92. The normalized spacial score (nSPS) is 20.1. The van der Waals surface area contributed by atoms with Gasteiger partial charge in [-0.1, -0.05) is 0 Å². The number of aliphatic hydroxyl groups is 1. The van der Waals surface area contributed by atoms with Crippen molar-refractivity contribution < 1.29 is 9.90 Å². The minimum atomic E-state index is 0.129. The molecule has 0 aliphatic carbocycles. The molecule has 2 heterocycles. The van der Waals surface area contributed by atoms with E-state index < -0.39 is 0 Å². The van der Waals surface area contributed by atoms with Crippen LogP contribution in [0.1, 0.15) is 36.7 Å². The summed E-state index contributed by atoms with van der Waals surface area (Å²) in [6.45, 7) is 4.71. The van der Waals surface area contributed by atoms with Crippen LogP contribution in [0.4, 0.5) is 0 Å². The lowest BCUT2D eigenvalue weighted by molar-refractivity contribution is 0.0643. The average Bonchev–Trinajstić information content (AvgIpc) is 2.87. The molecule has 1 atom stereocenters. The second-order valence-corrected chi connectivity index (χ2v) is 4.95. The number of aliphatic hydroxyl groups excluding tert-OH is 1. The minimum absolute atomic E-state index is 0.129. The monoisotopic (exact) mass is 250 g/mol. The predicted octanol–water partition coefficient (Wildman–Crippen LogP) is 1.74. The van der Waals surface area contributed by atoms with Gasteiger partial charge < -0.3 is 14.6 Å². The maximum atomic E-state index is 12.4. The molecule has 1 aromatic heterocycles. The van der Waals surface area contributed by atoms with E-state index in [1.54, 1.807) is 0 Å². The van der Waals surface area contributed by atoms with Crippen LogP contribution >= 0.6 is 0 Å². The fourth-order valence-corrected chi connectivity index (χ4v) is 2.71. The summed E-state index contributed by atoms with van der Waals surface area (Å²) in [4.78, 5) is 14.4. The Balaban J connectivity index is 2.04. The van der Waals surface area contributed by atoms with Gasteiger partial charge in [0.05, 0.1) is 0 Å². The zero-order valence-electron chi connectivity index (χ0n) is 11.0. The van der Waals surface area contributed by atoms with Crippen LogP contribution in [0.3, 0.4) is 0 Å². The molecule has 4 nitrogen and oxygen atoms in total. The molecule has 0 spiro atoms. The molecule has 0 aromatic carbocycles. The number of carbonyl (C=O) groups is 1. The number of piperidine rings is 1. The third-order valence-electron chi connectivity index (χ3n) is 3.73. The zero-order chi connectivity index (χ0) is 13.0. The van der Waals surface area contributed by atoms with Gasteiger partial charge >= 0.3 is 0 Å². The molecule has 4 heteroatoms. The van der Waals surface area contributed by atoms with Crippen molar-refractivity contribution in [3.8, 4) is 0 Å². The maximum Gasteiger partial charge on any atom is 0.270 e. The van der Waals surface area contributed by atoms with E-state index in [0.29, 0.717) is 5.92 Å². The lowest BCUT2D eigenvalue weighted by atomic mass is 9.95. The van der Waals surface area contributed by atoms with Crippen LogP contribution in [0.5, 0.6) is 0 Å². The van der Waals surface area contributed by atoms with E-state index in [9.17, 15) is 4.79 Å². The van der Waals surface area contributed by atoms with Crippen LogP contribution in [0, 0.1) is 5.92 Å². The van der Waals surface area contributed by atoms with Crippen LogP contribution in [0.15, 0.2) is 18.3 Å². The van der Waals surface area contributed by atoms with Gasteiger partial charge in [-0.15, -0.1) is 0 Å². The molecule has 1 aromatic rings. The molecular formula is C14H22N2O2. The first-order chi connectivity index (χ1) is 8.76. The first kappa shape index (κ1) is 13.1. The summed E-state index contributed by atoms with van der Waals surface area (Å²) in [5, 5.41) is 9.00. The van der Waals surface area contributed by atoms with Crippen molar-refractivity contribution in [2.45, 2.75) is 32.7 Å². The topological polar surface area (TPSA) is 45.5 Å². The molecule has 100 valence electrons. The second-order valence-electron chi connectivity index (χ2n) is 4.95. The van der Waals surface area contributed by atoms with E-state index in [1.165, 1.54) is 0 Å². The van der Waals surface area contributed by atoms with Crippen molar-refractivity contribution in [3.05, 3.63) is 24.0 Å².